The molecule has 0 aromatic carbocycles. The lowest BCUT2D eigenvalue weighted by Crippen LogP contribution is -2.46. The number of carbonyl (C=O) groups excluding carboxylic acids is 7. The van der Waals surface area contributed by atoms with Crippen molar-refractivity contribution in [2.75, 3.05) is 45.8 Å². The number of hydrogen-bond donors (Lipinski definition) is 7. The van der Waals surface area contributed by atoms with Gasteiger partial charge in [0, 0.05) is 0 Å². The molecule has 0 spiro atoms. The lowest BCUT2D eigenvalue weighted by Gasteiger charge is -2.09. The van der Waals surface area contributed by atoms with Crippen molar-refractivity contribution < 1.29 is 33.6 Å². The highest BCUT2D eigenvalue weighted by Gasteiger charge is 2.10. The molecule has 0 saturated heterocycles. The second-order valence-electron chi connectivity index (χ2n) is 5.06. The molecular formula is C14H23N7O7. The Morgan fingerprint density at radius 1 is 0.536 bits per heavy atom. The largest absolute Gasteiger partial charge is 0.348 e. The van der Waals surface area contributed by atoms with Gasteiger partial charge in [0.25, 0.3) is 0 Å². The molecule has 156 valence electrons. The predicted molar refractivity (Wildman–Crippen MR) is 93.2 cm³/mol. The summed E-state index contributed by atoms with van der Waals surface area (Å²) in [6.07, 6.45) is 0.485. The first kappa shape index (κ1) is 24.5. The first-order valence-corrected chi connectivity index (χ1v) is 8.02. The SMILES string of the molecule is NCC(=O)NCC(=O)NCC(=O)NCC(=O)NCC(=O)NCC(=O)NCC=O. The molecule has 0 saturated carbocycles. The molecule has 0 aromatic heterocycles. The fourth-order valence-corrected chi connectivity index (χ4v) is 1.43. The van der Waals surface area contributed by atoms with Crippen LogP contribution >= 0.6 is 0 Å². The van der Waals surface area contributed by atoms with E-state index >= 15 is 0 Å². The molecule has 8 N–H and O–H groups in total. The van der Waals surface area contributed by atoms with Gasteiger partial charge in [0.1, 0.15) is 6.29 Å². The zero-order chi connectivity index (χ0) is 21.4. The predicted octanol–water partition coefficient (Wildman–Crippen LogP) is -6.16. The lowest BCUT2D eigenvalue weighted by molar-refractivity contribution is -0.129. The van der Waals surface area contributed by atoms with Gasteiger partial charge in [-0.3, -0.25) is 28.8 Å². The highest BCUT2D eigenvalue weighted by atomic mass is 16.2. The number of aldehydes is 1. The van der Waals surface area contributed by atoms with E-state index in [1.54, 1.807) is 0 Å². The molecule has 0 aromatic rings. The van der Waals surface area contributed by atoms with Crippen LogP contribution in [0.1, 0.15) is 0 Å². The van der Waals surface area contributed by atoms with Crippen molar-refractivity contribution in [2.45, 2.75) is 0 Å². The molecule has 14 nitrogen and oxygen atoms in total. The van der Waals surface area contributed by atoms with Crippen LogP contribution in [0, 0.1) is 0 Å². The van der Waals surface area contributed by atoms with Crippen LogP contribution in [0.2, 0.25) is 0 Å². The van der Waals surface area contributed by atoms with E-state index in [4.69, 9.17) is 5.73 Å². The smallest absolute Gasteiger partial charge is 0.239 e. The minimum Gasteiger partial charge on any atom is -0.348 e. The Hall–Kier alpha value is -3.55. The fourth-order valence-electron chi connectivity index (χ4n) is 1.43. The Morgan fingerprint density at radius 3 is 1.11 bits per heavy atom. The second-order valence-corrected chi connectivity index (χ2v) is 5.06. The third kappa shape index (κ3) is 13.7. The third-order valence-electron chi connectivity index (χ3n) is 2.80. The van der Waals surface area contributed by atoms with Gasteiger partial charge in [0.2, 0.25) is 35.4 Å². The van der Waals surface area contributed by atoms with Crippen LogP contribution in [0.4, 0.5) is 0 Å². The summed E-state index contributed by atoms with van der Waals surface area (Å²) in [5, 5.41) is 13.3. The zero-order valence-electron chi connectivity index (χ0n) is 15.0. The van der Waals surface area contributed by atoms with Gasteiger partial charge in [0.05, 0.1) is 45.8 Å². The number of rotatable bonds is 13. The zero-order valence-corrected chi connectivity index (χ0v) is 15.0. The van der Waals surface area contributed by atoms with Crippen molar-refractivity contribution in [3.8, 4) is 0 Å². The van der Waals surface area contributed by atoms with E-state index in [-0.39, 0.29) is 26.2 Å². The summed E-state index contributed by atoms with van der Waals surface area (Å²) in [7, 11) is 0. The van der Waals surface area contributed by atoms with Crippen LogP contribution < -0.4 is 37.6 Å². The number of amides is 6. The maximum atomic E-state index is 11.5. The first-order chi connectivity index (χ1) is 13.3. The molecule has 0 rings (SSSR count). The van der Waals surface area contributed by atoms with Crippen molar-refractivity contribution in [3.05, 3.63) is 0 Å². The number of hydrogen-bond acceptors (Lipinski definition) is 8. The summed E-state index contributed by atoms with van der Waals surface area (Å²) in [5.74, 6) is -3.69. The second kappa shape index (κ2) is 14.6. The van der Waals surface area contributed by atoms with Crippen LogP contribution in [0.3, 0.4) is 0 Å². The maximum Gasteiger partial charge on any atom is 0.239 e. The standard InChI is InChI=1S/C14H23N7O7/c15-3-9(23)17-5-11(25)19-7-13(27)21-8-14(28)20-6-12(26)18-4-10(24)16-1-2-22/h2H,1,3-8,15H2,(H,16,24)(H,17,23)(H,18,26)(H,19,25)(H,20,28)(H,21,27). The summed E-state index contributed by atoms with van der Waals surface area (Å²) in [5.41, 5.74) is 5.04. The van der Waals surface area contributed by atoms with E-state index < -0.39 is 55.1 Å². The van der Waals surface area contributed by atoms with Gasteiger partial charge in [-0.25, -0.2) is 0 Å². The van der Waals surface area contributed by atoms with E-state index in [2.05, 4.69) is 31.9 Å². The minimum atomic E-state index is -0.671. The van der Waals surface area contributed by atoms with Gasteiger partial charge in [-0.2, -0.15) is 0 Å². The first-order valence-electron chi connectivity index (χ1n) is 8.02. The number of nitrogens with two attached hydrogens (primary N) is 1. The minimum absolute atomic E-state index is 0.173. The van der Waals surface area contributed by atoms with E-state index in [9.17, 15) is 33.6 Å². The summed E-state index contributed by atoms with van der Waals surface area (Å²) < 4.78 is 0. The number of nitrogens with one attached hydrogen (secondary N) is 6. The third-order valence-corrected chi connectivity index (χ3v) is 2.80. The van der Waals surface area contributed by atoms with Crippen molar-refractivity contribution in [2.24, 2.45) is 5.73 Å². The van der Waals surface area contributed by atoms with Crippen molar-refractivity contribution in [1.29, 1.82) is 0 Å². The van der Waals surface area contributed by atoms with Crippen LogP contribution in [-0.4, -0.2) is 87.5 Å². The topological polar surface area (TPSA) is 218 Å². The monoisotopic (exact) mass is 401 g/mol. The van der Waals surface area contributed by atoms with E-state index in [0.29, 0.717) is 6.29 Å². The highest BCUT2D eigenvalue weighted by molar-refractivity contribution is 5.92. The van der Waals surface area contributed by atoms with Crippen LogP contribution in [0.25, 0.3) is 0 Å². The van der Waals surface area contributed by atoms with Crippen LogP contribution in [0.15, 0.2) is 0 Å². The lowest BCUT2D eigenvalue weighted by atomic mass is 10.4. The molecule has 0 heterocycles. The molecule has 14 heteroatoms. The summed E-state index contributed by atoms with van der Waals surface area (Å²) >= 11 is 0. The van der Waals surface area contributed by atoms with Gasteiger partial charge in [-0.1, -0.05) is 0 Å². The molecule has 0 atom stereocenters. The van der Waals surface area contributed by atoms with Crippen molar-refractivity contribution in [1.82, 2.24) is 31.9 Å². The summed E-state index contributed by atoms with van der Waals surface area (Å²) in [6, 6.07) is 0. The van der Waals surface area contributed by atoms with Gasteiger partial charge in [0.15, 0.2) is 0 Å². The molecule has 28 heavy (non-hydrogen) atoms. The van der Waals surface area contributed by atoms with Gasteiger partial charge >= 0.3 is 0 Å². The fraction of sp³-hybridized carbons (Fsp3) is 0.500. The molecule has 0 unspecified atom stereocenters. The molecule has 6 amide bonds. The molecule has 0 bridgehead atoms. The van der Waals surface area contributed by atoms with E-state index in [1.165, 1.54) is 0 Å². The summed E-state index contributed by atoms with van der Waals surface area (Å²) in [6.45, 7) is -2.42. The molecule has 0 aliphatic carbocycles. The highest BCUT2D eigenvalue weighted by Crippen LogP contribution is 1.72. The normalized spacial score (nSPS) is 9.46. The van der Waals surface area contributed by atoms with Crippen molar-refractivity contribution >= 4 is 41.7 Å². The molecule has 0 radical (unpaired) electrons. The van der Waals surface area contributed by atoms with Crippen molar-refractivity contribution in [3.63, 3.8) is 0 Å². The van der Waals surface area contributed by atoms with Gasteiger partial charge in [-0.05, 0) is 0 Å². The Morgan fingerprint density at radius 2 is 0.821 bits per heavy atom. The van der Waals surface area contributed by atoms with Gasteiger partial charge < -0.3 is 42.4 Å². The molecule has 0 fully saturated rings. The Bertz CT molecular complexity index is 609. The Balaban J connectivity index is 3.84. The Kier molecular flexibility index (Phi) is 12.8. The summed E-state index contributed by atoms with van der Waals surface area (Å²) in [4.78, 5) is 77.8. The van der Waals surface area contributed by atoms with Crippen LogP contribution in [-0.2, 0) is 33.6 Å². The van der Waals surface area contributed by atoms with Gasteiger partial charge in [-0.15, -0.1) is 0 Å². The van der Waals surface area contributed by atoms with Crippen LogP contribution in [0.5, 0.6) is 0 Å². The Labute approximate surface area is 159 Å². The quantitative estimate of drug-likeness (QED) is 0.147. The molecule has 0 aliphatic heterocycles. The molecule has 0 aliphatic rings. The van der Waals surface area contributed by atoms with E-state index in [0.717, 1.165) is 0 Å². The van der Waals surface area contributed by atoms with E-state index in [1.807, 2.05) is 0 Å². The number of carbonyl (C=O) groups is 7. The molecular weight excluding hydrogens is 378 g/mol. The average molecular weight is 401 g/mol. The maximum absolute atomic E-state index is 11.5. The average Bonchev–Trinajstić information content (AvgIpc) is 2.69.